The van der Waals surface area contributed by atoms with E-state index in [2.05, 4.69) is 10.6 Å². The van der Waals surface area contributed by atoms with E-state index in [1.54, 1.807) is 11.8 Å². The fraction of sp³-hybridized carbons (Fsp3) is 0.800. The molecule has 100 valence electrons. The van der Waals surface area contributed by atoms with Gasteiger partial charge in [-0.2, -0.15) is 11.8 Å². The standard InChI is InChI=1S/C10H20N2O4S/c1-4-17-6-7(2)11-10(15)12-8(5-16-3)9(13)14/h7-8H,4-6H2,1-3H3,(H,13,14)(H2,11,12,15). The summed E-state index contributed by atoms with van der Waals surface area (Å²) in [7, 11) is 1.38. The molecule has 6 nitrogen and oxygen atoms in total. The van der Waals surface area contributed by atoms with Crippen molar-refractivity contribution < 1.29 is 19.4 Å². The number of methoxy groups -OCH3 is 1. The van der Waals surface area contributed by atoms with Gasteiger partial charge in [-0.25, -0.2) is 9.59 Å². The van der Waals surface area contributed by atoms with Crippen LogP contribution in [0.15, 0.2) is 0 Å². The Balaban J connectivity index is 4.00. The second-order valence-electron chi connectivity index (χ2n) is 3.52. The van der Waals surface area contributed by atoms with Crippen LogP contribution >= 0.6 is 11.8 Å². The van der Waals surface area contributed by atoms with Crippen LogP contribution in [-0.4, -0.2) is 54.4 Å². The van der Waals surface area contributed by atoms with Gasteiger partial charge in [0.1, 0.15) is 0 Å². The molecule has 0 aromatic heterocycles. The summed E-state index contributed by atoms with van der Waals surface area (Å²) in [5.41, 5.74) is 0. The molecular formula is C10H20N2O4S. The molecule has 0 saturated carbocycles. The fourth-order valence-electron chi connectivity index (χ4n) is 1.10. The lowest BCUT2D eigenvalue weighted by molar-refractivity contribution is -0.140. The lowest BCUT2D eigenvalue weighted by Crippen LogP contribution is -2.50. The lowest BCUT2D eigenvalue weighted by atomic mass is 10.3. The van der Waals surface area contributed by atoms with E-state index < -0.39 is 18.0 Å². The van der Waals surface area contributed by atoms with Gasteiger partial charge in [-0.15, -0.1) is 0 Å². The zero-order chi connectivity index (χ0) is 13.3. The molecule has 0 aromatic carbocycles. The summed E-state index contributed by atoms with van der Waals surface area (Å²) >= 11 is 1.71. The van der Waals surface area contributed by atoms with Crippen LogP contribution in [0.2, 0.25) is 0 Å². The third-order valence-electron chi connectivity index (χ3n) is 1.89. The van der Waals surface area contributed by atoms with Crippen LogP contribution in [0.3, 0.4) is 0 Å². The summed E-state index contributed by atoms with van der Waals surface area (Å²) in [5, 5.41) is 13.8. The highest BCUT2D eigenvalue weighted by atomic mass is 32.2. The molecule has 0 heterocycles. The number of urea groups is 1. The SMILES string of the molecule is CCSCC(C)NC(=O)NC(COC)C(=O)O. The van der Waals surface area contributed by atoms with Gasteiger partial charge in [-0.05, 0) is 12.7 Å². The highest BCUT2D eigenvalue weighted by molar-refractivity contribution is 7.99. The molecule has 0 radical (unpaired) electrons. The van der Waals surface area contributed by atoms with E-state index in [4.69, 9.17) is 9.84 Å². The second kappa shape index (κ2) is 9.12. The van der Waals surface area contributed by atoms with Crippen LogP contribution in [0, 0.1) is 0 Å². The van der Waals surface area contributed by atoms with Crippen molar-refractivity contribution in [3.05, 3.63) is 0 Å². The van der Waals surface area contributed by atoms with Gasteiger partial charge in [0.15, 0.2) is 6.04 Å². The maximum atomic E-state index is 11.5. The predicted molar refractivity (Wildman–Crippen MR) is 67.4 cm³/mol. The Morgan fingerprint density at radius 3 is 2.53 bits per heavy atom. The first kappa shape index (κ1) is 16.1. The summed E-state index contributed by atoms with van der Waals surface area (Å²) in [6, 6.07) is -1.51. The maximum Gasteiger partial charge on any atom is 0.328 e. The molecule has 0 bridgehead atoms. The number of aliphatic carboxylic acids is 1. The van der Waals surface area contributed by atoms with Gasteiger partial charge < -0.3 is 20.5 Å². The molecule has 2 atom stereocenters. The predicted octanol–water partition coefficient (Wildman–Crippen LogP) is 0.527. The minimum atomic E-state index is -1.11. The monoisotopic (exact) mass is 264 g/mol. The zero-order valence-electron chi connectivity index (χ0n) is 10.4. The van der Waals surface area contributed by atoms with Crippen molar-refractivity contribution in [3.8, 4) is 0 Å². The van der Waals surface area contributed by atoms with Crippen molar-refractivity contribution in [3.63, 3.8) is 0 Å². The molecule has 3 N–H and O–H groups in total. The molecule has 0 fully saturated rings. The van der Waals surface area contributed by atoms with Crippen LogP contribution in [0.25, 0.3) is 0 Å². The number of hydrogen-bond donors (Lipinski definition) is 3. The van der Waals surface area contributed by atoms with Gasteiger partial charge in [-0.1, -0.05) is 6.92 Å². The molecule has 0 saturated heterocycles. The van der Waals surface area contributed by atoms with Crippen molar-refractivity contribution in [1.82, 2.24) is 10.6 Å². The van der Waals surface area contributed by atoms with Gasteiger partial charge in [0.2, 0.25) is 0 Å². The average Bonchev–Trinajstić information content (AvgIpc) is 2.25. The zero-order valence-corrected chi connectivity index (χ0v) is 11.2. The highest BCUT2D eigenvalue weighted by Gasteiger charge is 2.20. The third-order valence-corrected chi connectivity index (χ3v) is 3.03. The van der Waals surface area contributed by atoms with Crippen molar-refractivity contribution in [2.45, 2.75) is 25.9 Å². The van der Waals surface area contributed by atoms with Gasteiger partial charge in [0.25, 0.3) is 0 Å². The summed E-state index contributed by atoms with van der Waals surface area (Å²) in [4.78, 5) is 22.2. The topological polar surface area (TPSA) is 87.7 Å². The third kappa shape index (κ3) is 7.87. The molecule has 0 aliphatic rings. The van der Waals surface area contributed by atoms with Crippen LogP contribution in [0.4, 0.5) is 4.79 Å². The Kier molecular flexibility index (Phi) is 8.61. The minimum Gasteiger partial charge on any atom is -0.480 e. The normalized spacial score (nSPS) is 13.8. The first-order chi connectivity index (χ1) is 8.01. The Morgan fingerprint density at radius 2 is 2.06 bits per heavy atom. The van der Waals surface area contributed by atoms with E-state index in [-0.39, 0.29) is 12.6 Å². The van der Waals surface area contributed by atoms with Crippen LogP contribution in [0.1, 0.15) is 13.8 Å². The number of carboxylic acids is 1. The van der Waals surface area contributed by atoms with Crippen LogP contribution in [-0.2, 0) is 9.53 Å². The van der Waals surface area contributed by atoms with Crippen LogP contribution < -0.4 is 10.6 Å². The van der Waals surface area contributed by atoms with Crippen molar-refractivity contribution >= 4 is 23.8 Å². The molecule has 0 rings (SSSR count). The van der Waals surface area contributed by atoms with E-state index in [1.165, 1.54) is 7.11 Å². The smallest absolute Gasteiger partial charge is 0.328 e. The molecule has 0 aliphatic heterocycles. The number of thioether (sulfide) groups is 1. The van der Waals surface area contributed by atoms with Gasteiger partial charge in [0, 0.05) is 18.9 Å². The molecule has 17 heavy (non-hydrogen) atoms. The summed E-state index contributed by atoms with van der Waals surface area (Å²) < 4.78 is 4.71. The van der Waals surface area contributed by atoms with Gasteiger partial charge in [0.05, 0.1) is 6.61 Å². The van der Waals surface area contributed by atoms with Gasteiger partial charge in [-0.3, -0.25) is 0 Å². The Labute approximate surface area is 105 Å². The number of ether oxygens (including phenoxy) is 1. The second-order valence-corrected chi connectivity index (χ2v) is 4.84. The maximum absolute atomic E-state index is 11.5. The van der Waals surface area contributed by atoms with Crippen molar-refractivity contribution in [2.75, 3.05) is 25.2 Å². The average molecular weight is 264 g/mol. The van der Waals surface area contributed by atoms with E-state index in [1.807, 2.05) is 13.8 Å². The Bertz CT molecular complexity index is 250. The molecule has 0 aromatic rings. The number of rotatable bonds is 8. The molecule has 0 aliphatic carbocycles. The van der Waals surface area contributed by atoms with Crippen molar-refractivity contribution in [2.24, 2.45) is 0 Å². The van der Waals surface area contributed by atoms with E-state index >= 15 is 0 Å². The number of amides is 2. The first-order valence-corrected chi connectivity index (χ1v) is 6.53. The quantitative estimate of drug-likeness (QED) is 0.595. The van der Waals surface area contributed by atoms with E-state index in [0.29, 0.717) is 0 Å². The Morgan fingerprint density at radius 1 is 1.41 bits per heavy atom. The number of carbonyl (C=O) groups excluding carboxylic acids is 1. The molecule has 0 spiro atoms. The number of carbonyl (C=O) groups is 2. The van der Waals surface area contributed by atoms with Gasteiger partial charge >= 0.3 is 12.0 Å². The van der Waals surface area contributed by atoms with E-state index in [0.717, 1.165) is 11.5 Å². The molecule has 2 unspecified atom stereocenters. The number of nitrogens with one attached hydrogen (secondary N) is 2. The fourth-order valence-corrected chi connectivity index (χ4v) is 1.77. The largest absolute Gasteiger partial charge is 0.480 e. The van der Waals surface area contributed by atoms with E-state index in [9.17, 15) is 9.59 Å². The molecule has 7 heteroatoms. The van der Waals surface area contributed by atoms with Crippen LogP contribution in [0.5, 0.6) is 0 Å². The summed E-state index contributed by atoms with van der Waals surface area (Å²) in [5.74, 6) is 0.665. The Hall–Kier alpha value is -0.950. The first-order valence-electron chi connectivity index (χ1n) is 5.37. The minimum absolute atomic E-state index is 0.00283. The molecule has 2 amide bonds. The molecular weight excluding hydrogens is 244 g/mol. The number of hydrogen-bond acceptors (Lipinski definition) is 4. The highest BCUT2D eigenvalue weighted by Crippen LogP contribution is 2.00. The summed E-state index contributed by atoms with van der Waals surface area (Å²) in [6.45, 7) is 3.85. The van der Waals surface area contributed by atoms with Crippen molar-refractivity contribution in [1.29, 1.82) is 0 Å². The lowest BCUT2D eigenvalue weighted by Gasteiger charge is -2.17. The summed E-state index contributed by atoms with van der Waals surface area (Å²) in [6.07, 6.45) is 0. The number of carboxylic acid groups (broad SMARTS) is 1.